The van der Waals surface area contributed by atoms with Gasteiger partial charge < -0.3 is 18.9 Å². The van der Waals surface area contributed by atoms with E-state index in [2.05, 4.69) is 10.1 Å². The van der Waals surface area contributed by atoms with E-state index in [0.29, 0.717) is 39.3 Å². The molecule has 3 aromatic carbocycles. The zero-order chi connectivity index (χ0) is 25.8. The highest BCUT2D eigenvalue weighted by Crippen LogP contribution is 2.38. The van der Waals surface area contributed by atoms with Crippen molar-refractivity contribution in [2.75, 3.05) is 33.4 Å². The van der Waals surface area contributed by atoms with E-state index in [1.54, 1.807) is 52.9 Å². The normalized spacial score (nSPS) is 11.1. The van der Waals surface area contributed by atoms with E-state index in [-0.39, 0.29) is 5.91 Å². The van der Waals surface area contributed by atoms with Crippen LogP contribution in [0.15, 0.2) is 53.6 Å². The fourth-order valence-corrected chi connectivity index (χ4v) is 4.55. The maximum Gasteiger partial charge on any atom is 0.280 e. The molecular weight excluding hydrogens is 478 g/mol. The third kappa shape index (κ3) is 4.96. The maximum atomic E-state index is 13.7. The first-order chi connectivity index (χ1) is 17.4. The second-order valence-corrected chi connectivity index (χ2v) is 8.96. The number of methoxy groups -OCH3 is 4. The molecule has 0 aliphatic carbocycles. The van der Waals surface area contributed by atoms with Crippen LogP contribution in [0.4, 0.5) is 5.13 Å². The van der Waals surface area contributed by atoms with Crippen LogP contribution in [0.25, 0.3) is 10.2 Å². The smallest absolute Gasteiger partial charge is 0.280 e. The van der Waals surface area contributed by atoms with Crippen LogP contribution in [0, 0.1) is 13.8 Å². The van der Waals surface area contributed by atoms with E-state index >= 15 is 0 Å². The number of anilines is 1. The molecule has 1 amide bonds. The molecule has 0 fully saturated rings. The van der Waals surface area contributed by atoms with Gasteiger partial charge in [0.2, 0.25) is 10.9 Å². The number of ether oxygens (including phenoxy) is 4. The number of aromatic nitrogens is 1. The van der Waals surface area contributed by atoms with Crippen LogP contribution < -0.4 is 24.0 Å². The zero-order valence-corrected chi connectivity index (χ0v) is 21.8. The lowest BCUT2D eigenvalue weighted by molar-refractivity contribution is 0.0987. The van der Waals surface area contributed by atoms with E-state index in [9.17, 15) is 4.79 Å². The van der Waals surface area contributed by atoms with Crippen LogP contribution in [0.5, 0.6) is 23.0 Å². The van der Waals surface area contributed by atoms with Gasteiger partial charge in [-0.05, 0) is 67.4 Å². The lowest BCUT2D eigenvalue weighted by atomic mass is 10.1. The summed E-state index contributed by atoms with van der Waals surface area (Å²) in [5, 5.41) is 6.31. The fourth-order valence-electron chi connectivity index (χ4n) is 3.60. The van der Waals surface area contributed by atoms with Gasteiger partial charge in [0, 0.05) is 11.1 Å². The molecule has 0 spiro atoms. The van der Waals surface area contributed by atoms with Crippen molar-refractivity contribution in [3.8, 4) is 23.0 Å². The van der Waals surface area contributed by atoms with Crippen LogP contribution in [-0.2, 0) is 0 Å². The Morgan fingerprint density at radius 1 is 0.889 bits per heavy atom. The number of hydrogen-bond donors (Lipinski definition) is 0. The number of thiazole rings is 1. The lowest BCUT2D eigenvalue weighted by Gasteiger charge is -2.15. The van der Waals surface area contributed by atoms with Crippen LogP contribution in [0.2, 0.25) is 0 Å². The summed E-state index contributed by atoms with van der Waals surface area (Å²) in [6.07, 6.45) is 1.57. The van der Waals surface area contributed by atoms with Gasteiger partial charge in [-0.25, -0.2) is 4.98 Å². The third-order valence-electron chi connectivity index (χ3n) is 5.72. The number of hydrazone groups is 1. The van der Waals surface area contributed by atoms with Gasteiger partial charge in [0.15, 0.2) is 11.5 Å². The van der Waals surface area contributed by atoms with Gasteiger partial charge in [-0.3, -0.25) is 4.79 Å². The summed E-state index contributed by atoms with van der Waals surface area (Å²) in [7, 11) is 6.24. The van der Waals surface area contributed by atoms with Gasteiger partial charge in [-0.2, -0.15) is 10.1 Å². The van der Waals surface area contributed by atoms with Gasteiger partial charge in [0.05, 0.1) is 44.9 Å². The minimum absolute atomic E-state index is 0.298. The number of nitrogens with zero attached hydrogens (tertiary/aromatic N) is 3. The average Bonchev–Trinajstić information content (AvgIpc) is 3.32. The van der Waals surface area contributed by atoms with Crippen molar-refractivity contribution in [2.45, 2.75) is 13.8 Å². The molecule has 0 aliphatic rings. The number of benzene rings is 3. The molecule has 186 valence electrons. The number of fused-ring (bicyclic) bond motifs is 1. The largest absolute Gasteiger partial charge is 0.497 e. The highest BCUT2D eigenvalue weighted by molar-refractivity contribution is 7.22. The molecule has 0 saturated heterocycles. The third-order valence-corrected chi connectivity index (χ3v) is 6.71. The number of hydrogen-bond acceptors (Lipinski definition) is 8. The molecule has 9 heteroatoms. The number of amides is 1. The molecule has 1 heterocycles. The Kier molecular flexibility index (Phi) is 7.40. The standard InChI is InChI=1S/C27H27N3O5S/c1-16-7-8-19(11-17(16)2)26(31)30(27-29-21-10-9-20(32-3)14-24(21)36-27)28-15-18-12-22(33-4)25(35-6)23(13-18)34-5/h7-15H,1-6H3/b28-15+. The van der Waals surface area contributed by atoms with Gasteiger partial charge in [0.1, 0.15) is 5.75 Å². The van der Waals surface area contributed by atoms with Crippen LogP contribution in [0.1, 0.15) is 27.0 Å². The molecule has 0 unspecified atom stereocenters. The first-order valence-electron chi connectivity index (χ1n) is 11.1. The van der Waals surface area contributed by atoms with Gasteiger partial charge in [-0.1, -0.05) is 17.4 Å². The van der Waals surface area contributed by atoms with Crippen molar-refractivity contribution >= 4 is 38.8 Å². The highest BCUT2D eigenvalue weighted by Gasteiger charge is 2.22. The number of carbonyl (C=O) groups is 1. The van der Waals surface area contributed by atoms with E-state index in [1.807, 2.05) is 44.2 Å². The monoisotopic (exact) mass is 505 g/mol. The van der Waals surface area contributed by atoms with E-state index < -0.39 is 0 Å². The predicted octanol–water partition coefficient (Wildman–Crippen LogP) is 5.63. The quantitative estimate of drug-likeness (QED) is 0.228. The molecular formula is C27H27N3O5S. The SMILES string of the molecule is COc1ccc2nc(N(/N=C/c3cc(OC)c(OC)c(OC)c3)C(=O)c3ccc(C)c(C)c3)sc2c1. The van der Waals surface area contributed by atoms with E-state index in [4.69, 9.17) is 18.9 Å². The molecule has 4 rings (SSSR count). The van der Waals surface area contributed by atoms with Crippen molar-refractivity contribution in [3.63, 3.8) is 0 Å². The van der Waals surface area contributed by atoms with Crippen LogP contribution in [0.3, 0.4) is 0 Å². The Morgan fingerprint density at radius 3 is 2.22 bits per heavy atom. The van der Waals surface area contributed by atoms with Crippen LogP contribution >= 0.6 is 11.3 Å². The second-order valence-electron chi connectivity index (χ2n) is 7.95. The molecule has 36 heavy (non-hydrogen) atoms. The molecule has 8 nitrogen and oxygen atoms in total. The lowest BCUT2D eigenvalue weighted by Crippen LogP contribution is -2.25. The molecule has 0 bridgehead atoms. The van der Waals surface area contributed by atoms with E-state index in [1.165, 1.54) is 16.3 Å². The fraction of sp³-hybridized carbons (Fsp3) is 0.222. The summed E-state index contributed by atoms with van der Waals surface area (Å²) in [4.78, 5) is 18.3. The number of carbonyl (C=O) groups excluding carboxylic acids is 1. The zero-order valence-electron chi connectivity index (χ0n) is 21.0. The Labute approximate surface area is 213 Å². The van der Waals surface area contributed by atoms with Gasteiger partial charge in [0.25, 0.3) is 5.91 Å². The maximum absolute atomic E-state index is 13.7. The first-order valence-corrected chi connectivity index (χ1v) is 11.9. The number of aryl methyl sites for hydroxylation is 2. The Balaban J connectivity index is 1.80. The van der Waals surface area contributed by atoms with Crippen molar-refractivity contribution in [2.24, 2.45) is 5.10 Å². The van der Waals surface area contributed by atoms with Crippen LogP contribution in [-0.4, -0.2) is 45.5 Å². The summed E-state index contributed by atoms with van der Waals surface area (Å²) in [5.41, 5.74) is 4.04. The summed E-state index contributed by atoms with van der Waals surface area (Å²) in [6.45, 7) is 3.98. The summed E-state index contributed by atoms with van der Waals surface area (Å²) in [5.74, 6) is 1.86. The molecule has 1 aromatic heterocycles. The van der Waals surface area contributed by atoms with Crippen molar-refractivity contribution in [1.29, 1.82) is 0 Å². The topological polar surface area (TPSA) is 82.5 Å². The minimum Gasteiger partial charge on any atom is -0.497 e. The molecule has 0 radical (unpaired) electrons. The minimum atomic E-state index is -0.298. The Hall–Kier alpha value is -4.11. The summed E-state index contributed by atoms with van der Waals surface area (Å²) < 4.78 is 22.5. The Morgan fingerprint density at radius 2 is 1.61 bits per heavy atom. The van der Waals surface area contributed by atoms with Gasteiger partial charge >= 0.3 is 0 Å². The summed E-state index contributed by atoms with van der Waals surface area (Å²) >= 11 is 1.35. The Bertz CT molecular complexity index is 1420. The highest BCUT2D eigenvalue weighted by atomic mass is 32.1. The molecule has 0 aliphatic heterocycles. The number of rotatable bonds is 8. The summed E-state index contributed by atoms with van der Waals surface area (Å²) in [6, 6.07) is 14.7. The van der Waals surface area contributed by atoms with E-state index in [0.717, 1.165) is 21.3 Å². The molecule has 0 atom stereocenters. The molecule has 0 N–H and O–H groups in total. The van der Waals surface area contributed by atoms with Gasteiger partial charge in [-0.15, -0.1) is 0 Å². The molecule has 0 saturated carbocycles. The average molecular weight is 506 g/mol. The predicted molar refractivity (Wildman–Crippen MR) is 143 cm³/mol. The first kappa shape index (κ1) is 25.0. The molecule has 4 aromatic rings. The van der Waals surface area contributed by atoms with Crippen molar-refractivity contribution in [3.05, 3.63) is 70.8 Å². The van der Waals surface area contributed by atoms with Crippen molar-refractivity contribution in [1.82, 2.24) is 4.98 Å². The second kappa shape index (κ2) is 10.7. The van der Waals surface area contributed by atoms with Crippen molar-refractivity contribution < 1.29 is 23.7 Å².